The van der Waals surface area contributed by atoms with Gasteiger partial charge in [-0.05, 0) is 76.4 Å². The molecule has 11 heteroatoms. The summed E-state index contributed by atoms with van der Waals surface area (Å²) in [5, 5.41) is 0. The lowest BCUT2D eigenvalue weighted by Crippen LogP contribution is -2.41. The van der Waals surface area contributed by atoms with Crippen molar-refractivity contribution < 1.29 is 33.3 Å². The summed E-state index contributed by atoms with van der Waals surface area (Å²) in [7, 11) is 3.07. The normalized spacial score (nSPS) is 18.0. The molecule has 1 amide bonds. The standard InChI is InChI=1S/C42H52N4O7/c1-6-32-38(53-29(3)47)33(27-36(50-4)39(32)51-5)41(49)45-24-20-42(28-45,31-13-9-8-10-14-31)19-23-44-21-17-30(18-22-44)37(48)40-43-34-15-11-12-16-35(34)46(40)25-26-52-7-2/h8-16,27,30H,6-7,17-26,28H2,1-5H3. The predicted octanol–water partition coefficient (Wildman–Crippen LogP) is 6.35. The van der Waals surface area contributed by atoms with Crippen molar-refractivity contribution in [3.05, 3.63) is 83.2 Å². The number of benzene rings is 3. The van der Waals surface area contributed by atoms with Gasteiger partial charge in [0.2, 0.25) is 5.78 Å². The average molecular weight is 725 g/mol. The maximum Gasteiger partial charge on any atom is 0.308 e. The van der Waals surface area contributed by atoms with Gasteiger partial charge in [0.1, 0.15) is 0 Å². The second kappa shape index (κ2) is 16.9. The molecule has 0 radical (unpaired) electrons. The molecule has 2 fully saturated rings. The molecule has 2 aliphatic rings. The Morgan fingerprint density at radius 1 is 0.906 bits per heavy atom. The number of esters is 1. The van der Waals surface area contributed by atoms with Crippen LogP contribution in [0.1, 0.15) is 78.6 Å². The van der Waals surface area contributed by atoms with E-state index in [0.717, 1.165) is 56.4 Å². The third kappa shape index (κ3) is 7.96. The summed E-state index contributed by atoms with van der Waals surface area (Å²) >= 11 is 0. The van der Waals surface area contributed by atoms with E-state index in [1.807, 2.05) is 53.6 Å². The van der Waals surface area contributed by atoms with E-state index in [1.165, 1.54) is 26.7 Å². The highest BCUT2D eigenvalue weighted by atomic mass is 16.5. The molecule has 0 N–H and O–H groups in total. The van der Waals surface area contributed by atoms with Gasteiger partial charge in [-0.1, -0.05) is 49.4 Å². The zero-order chi connectivity index (χ0) is 37.5. The number of carbonyl (C=O) groups excluding carboxylic acids is 3. The van der Waals surface area contributed by atoms with E-state index >= 15 is 0 Å². The first-order valence-electron chi connectivity index (χ1n) is 18.8. The third-order valence-electron chi connectivity index (χ3n) is 11.0. The highest BCUT2D eigenvalue weighted by Gasteiger charge is 2.43. The second-order valence-corrected chi connectivity index (χ2v) is 14.0. The second-order valence-electron chi connectivity index (χ2n) is 14.0. The highest BCUT2D eigenvalue weighted by Crippen LogP contribution is 2.44. The molecule has 282 valence electrons. The van der Waals surface area contributed by atoms with Crippen molar-refractivity contribution >= 4 is 28.7 Å². The van der Waals surface area contributed by atoms with Crippen LogP contribution < -0.4 is 14.2 Å². The molecule has 0 bridgehead atoms. The fraction of sp³-hybridized carbons (Fsp3) is 0.476. The number of Topliss-reactive ketones (excluding diaryl/α,β-unsaturated/α-hetero) is 1. The van der Waals surface area contributed by atoms with Crippen LogP contribution in [0.3, 0.4) is 0 Å². The van der Waals surface area contributed by atoms with Crippen LogP contribution >= 0.6 is 0 Å². The highest BCUT2D eigenvalue weighted by molar-refractivity contribution is 6.00. The quantitative estimate of drug-likeness (QED) is 0.0600. The smallest absolute Gasteiger partial charge is 0.308 e. The molecule has 11 nitrogen and oxygen atoms in total. The summed E-state index contributed by atoms with van der Waals surface area (Å²) in [6.07, 6.45) is 3.68. The maximum absolute atomic E-state index is 14.4. The molecule has 6 rings (SSSR count). The lowest BCUT2D eigenvalue weighted by molar-refractivity contribution is -0.131. The molecule has 0 spiro atoms. The largest absolute Gasteiger partial charge is 0.493 e. The minimum atomic E-state index is -0.508. The number of para-hydroxylation sites is 2. The van der Waals surface area contributed by atoms with Crippen LogP contribution in [0.15, 0.2) is 60.7 Å². The number of piperidine rings is 1. The molecule has 1 atom stereocenters. The summed E-state index contributed by atoms with van der Waals surface area (Å²) in [6.45, 7) is 10.6. The molecule has 1 unspecified atom stereocenters. The molecule has 2 saturated heterocycles. The van der Waals surface area contributed by atoms with Crippen LogP contribution in [0.4, 0.5) is 0 Å². The molecular formula is C42H52N4O7. The number of likely N-dealkylation sites (tertiary alicyclic amines) is 2. The van der Waals surface area contributed by atoms with E-state index in [1.54, 1.807) is 6.07 Å². The van der Waals surface area contributed by atoms with Crippen LogP contribution in [-0.2, 0) is 27.9 Å². The number of hydrogen-bond acceptors (Lipinski definition) is 9. The number of methoxy groups -OCH3 is 2. The fourth-order valence-electron chi connectivity index (χ4n) is 8.15. The number of ketones is 1. The van der Waals surface area contributed by atoms with Crippen molar-refractivity contribution in [3.63, 3.8) is 0 Å². The molecule has 3 aromatic carbocycles. The van der Waals surface area contributed by atoms with E-state index in [2.05, 4.69) is 29.2 Å². The lowest BCUT2D eigenvalue weighted by atomic mass is 9.76. The van der Waals surface area contributed by atoms with Gasteiger partial charge < -0.3 is 33.3 Å². The Labute approximate surface area is 312 Å². The zero-order valence-electron chi connectivity index (χ0n) is 31.7. The molecule has 4 aromatic rings. The first-order valence-corrected chi connectivity index (χ1v) is 18.8. The number of amides is 1. The fourth-order valence-corrected chi connectivity index (χ4v) is 8.15. The van der Waals surface area contributed by atoms with E-state index in [0.29, 0.717) is 62.2 Å². The van der Waals surface area contributed by atoms with Crippen molar-refractivity contribution in [2.45, 2.75) is 64.8 Å². The Balaban J connectivity index is 1.17. The third-order valence-corrected chi connectivity index (χ3v) is 11.0. The van der Waals surface area contributed by atoms with E-state index < -0.39 is 5.97 Å². The van der Waals surface area contributed by atoms with Gasteiger partial charge in [0.25, 0.3) is 5.91 Å². The Morgan fingerprint density at radius 3 is 2.32 bits per heavy atom. The lowest BCUT2D eigenvalue weighted by Gasteiger charge is -2.36. The Kier molecular flexibility index (Phi) is 12.1. The summed E-state index contributed by atoms with van der Waals surface area (Å²) in [5.74, 6) is 0.932. The molecule has 3 heterocycles. The Morgan fingerprint density at radius 2 is 1.64 bits per heavy atom. The number of fused-ring (bicyclic) bond motifs is 1. The van der Waals surface area contributed by atoms with Gasteiger partial charge >= 0.3 is 5.97 Å². The van der Waals surface area contributed by atoms with Crippen LogP contribution in [0, 0.1) is 5.92 Å². The summed E-state index contributed by atoms with van der Waals surface area (Å²) in [4.78, 5) is 49.6. The number of ether oxygens (including phenoxy) is 4. The zero-order valence-corrected chi connectivity index (χ0v) is 31.7. The average Bonchev–Trinajstić information content (AvgIpc) is 3.79. The van der Waals surface area contributed by atoms with Gasteiger partial charge in [-0.15, -0.1) is 0 Å². The molecule has 1 aromatic heterocycles. The summed E-state index contributed by atoms with van der Waals surface area (Å²) < 4.78 is 24.6. The van der Waals surface area contributed by atoms with Crippen LogP contribution in [0.5, 0.6) is 17.2 Å². The molecular weight excluding hydrogens is 672 g/mol. The van der Waals surface area contributed by atoms with Gasteiger partial charge in [0, 0.05) is 56.1 Å². The predicted molar refractivity (Wildman–Crippen MR) is 203 cm³/mol. The Hall–Kier alpha value is -4.74. The first kappa shape index (κ1) is 38.0. The number of rotatable bonds is 15. The minimum absolute atomic E-state index is 0.0856. The Bertz CT molecular complexity index is 1920. The van der Waals surface area contributed by atoms with E-state index in [4.69, 9.17) is 23.9 Å². The van der Waals surface area contributed by atoms with Gasteiger partial charge in [0.05, 0.1) is 37.4 Å². The number of aromatic nitrogens is 2. The number of imidazole rings is 1. The van der Waals surface area contributed by atoms with Crippen molar-refractivity contribution in [2.24, 2.45) is 5.92 Å². The van der Waals surface area contributed by atoms with Crippen molar-refractivity contribution in [1.82, 2.24) is 19.4 Å². The van der Waals surface area contributed by atoms with Gasteiger partial charge in [-0.25, -0.2) is 4.98 Å². The molecule has 0 saturated carbocycles. The molecule has 0 aliphatic carbocycles. The summed E-state index contributed by atoms with van der Waals surface area (Å²) in [6, 6.07) is 20.0. The number of nitrogens with zero attached hydrogens (tertiary/aromatic N) is 4. The van der Waals surface area contributed by atoms with Crippen LogP contribution in [0.2, 0.25) is 0 Å². The number of hydrogen-bond donors (Lipinski definition) is 0. The van der Waals surface area contributed by atoms with E-state index in [9.17, 15) is 14.4 Å². The van der Waals surface area contributed by atoms with Crippen molar-refractivity contribution in [3.8, 4) is 17.2 Å². The van der Waals surface area contributed by atoms with Gasteiger partial charge in [-0.3, -0.25) is 14.4 Å². The van der Waals surface area contributed by atoms with Crippen LogP contribution in [0.25, 0.3) is 11.0 Å². The van der Waals surface area contributed by atoms with Crippen molar-refractivity contribution in [1.29, 1.82) is 0 Å². The number of carbonyl (C=O) groups is 3. The topological polar surface area (TPSA) is 112 Å². The molecule has 53 heavy (non-hydrogen) atoms. The maximum atomic E-state index is 14.4. The first-order chi connectivity index (χ1) is 25.7. The van der Waals surface area contributed by atoms with E-state index in [-0.39, 0.29) is 34.3 Å². The molecule has 2 aliphatic heterocycles. The van der Waals surface area contributed by atoms with Crippen molar-refractivity contribution in [2.75, 3.05) is 60.2 Å². The SMILES string of the molecule is CCOCCn1c(C(=O)C2CCN(CCC3(c4ccccc4)CCN(C(=O)c4cc(OC)c(OC)c(CC)c4OC(C)=O)C3)CC2)nc2ccccc21. The summed E-state index contributed by atoms with van der Waals surface area (Å²) in [5.41, 5.74) is 3.64. The van der Waals surface area contributed by atoms with Gasteiger partial charge in [-0.2, -0.15) is 0 Å². The minimum Gasteiger partial charge on any atom is -0.493 e. The van der Waals surface area contributed by atoms with Crippen LogP contribution in [-0.4, -0.2) is 97.2 Å². The monoisotopic (exact) mass is 724 g/mol. The van der Waals surface area contributed by atoms with Gasteiger partial charge in [0.15, 0.2) is 23.1 Å².